The number of anilines is 1. The van der Waals surface area contributed by atoms with Gasteiger partial charge in [0, 0.05) is 30.9 Å². The monoisotopic (exact) mass is 280 g/mol. The Morgan fingerprint density at radius 1 is 1.15 bits per heavy atom. The standard InChI is InChI=1S/C17H29FN2/c1-5-14(6-2)13-20(8-4)17-11-9-10-16(18)15(17)12-19-7-3/h9-11,14,19H,5-8,12-13H2,1-4H3. The second-order valence-electron chi connectivity index (χ2n) is 5.24. The SMILES string of the molecule is CCNCc1c(F)cccc1N(CC)CC(CC)CC. The Hall–Kier alpha value is -1.09. The molecule has 3 heteroatoms. The number of hydrogen-bond acceptors (Lipinski definition) is 2. The van der Waals surface area contributed by atoms with Gasteiger partial charge < -0.3 is 10.2 Å². The second kappa shape index (κ2) is 8.96. The Morgan fingerprint density at radius 2 is 1.85 bits per heavy atom. The molecule has 0 aliphatic rings. The van der Waals surface area contributed by atoms with E-state index in [1.807, 2.05) is 19.1 Å². The van der Waals surface area contributed by atoms with Crippen molar-refractivity contribution in [1.29, 1.82) is 0 Å². The Bertz CT molecular complexity index is 389. The fraction of sp³-hybridized carbons (Fsp3) is 0.647. The Balaban J connectivity index is 2.98. The van der Waals surface area contributed by atoms with Gasteiger partial charge in [-0.3, -0.25) is 0 Å². The molecule has 0 unspecified atom stereocenters. The van der Waals surface area contributed by atoms with E-state index >= 15 is 0 Å². The highest BCUT2D eigenvalue weighted by Crippen LogP contribution is 2.25. The first kappa shape index (κ1) is 17.0. The third-order valence-electron chi connectivity index (χ3n) is 4.00. The van der Waals surface area contributed by atoms with Crippen LogP contribution in [0.3, 0.4) is 0 Å². The number of hydrogen-bond donors (Lipinski definition) is 1. The van der Waals surface area contributed by atoms with Gasteiger partial charge >= 0.3 is 0 Å². The highest BCUT2D eigenvalue weighted by Gasteiger charge is 2.16. The van der Waals surface area contributed by atoms with E-state index in [-0.39, 0.29) is 5.82 Å². The molecule has 0 aliphatic heterocycles. The minimum atomic E-state index is -0.105. The van der Waals surface area contributed by atoms with Crippen molar-refractivity contribution in [1.82, 2.24) is 5.32 Å². The van der Waals surface area contributed by atoms with Crippen molar-refractivity contribution in [3.63, 3.8) is 0 Å². The number of halogens is 1. The number of benzene rings is 1. The molecule has 0 amide bonds. The molecule has 1 aromatic rings. The van der Waals surface area contributed by atoms with Crippen LogP contribution in [0.2, 0.25) is 0 Å². The van der Waals surface area contributed by atoms with Gasteiger partial charge in [0.05, 0.1) is 0 Å². The van der Waals surface area contributed by atoms with Crippen molar-refractivity contribution >= 4 is 5.69 Å². The molecule has 0 saturated heterocycles. The Kier molecular flexibility index (Phi) is 7.60. The fourth-order valence-electron chi connectivity index (χ4n) is 2.52. The van der Waals surface area contributed by atoms with Gasteiger partial charge in [0.15, 0.2) is 0 Å². The van der Waals surface area contributed by atoms with Crippen molar-refractivity contribution in [2.24, 2.45) is 5.92 Å². The summed E-state index contributed by atoms with van der Waals surface area (Å²) in [6, 6.07) is 5.42. The summed E-state index contributed by atoms with van der Waals surface area (Å²) in [5.41, 5.74) is 1.84. The van der Waals surface area contributed by atoms with Gasteiger partial charge in [-0.05, 0) is 31.5 Å². The molecule has 1 aromatic carbocycles. The molecule has 2 nitrogen and oxygen atoms in total. The Labute approximate surface area is 123 Å². The van der Waals surface area contributed by atoms with Crippen molar-refractivity contribution in [3.8, 4) is 0 Å². The van der Waals surface area contributed by atoms with Crippen molar-refractivity contribution in [3.05, 3.63) is 29.6 Å². The lowest BCUT2D eigenvalue weighted by atomic mass is 10.0. The van der Waals surface area contributed by atoms with Crippen LogP contribution in [-0.4, -0.2) is 19.6 Å². The van der Waals surface area contributed by atoms with Gasteiger partial charge in [0.2, 0.25) is 0 Å². The fourth-order valence-corrected chi connectivity index (χ4v) is 2.52. The number of rotatable bonds is 9. The van der Waals surface area contributed by atoms with Crippen LogP contribution in [0.15, 0.2) is 18.2 Å². The van der Waals surface area contributed by atoms with Gasteiger partial charge in [-0.15, -0.1) is 0 Å². The van der Waals surface area contributed by atoms with E-state index in [1.54, 1.807) is 6.07 Å². The van der Waals surface area contributed by atoms with Crippen molar-refractivity contribution in [2.75, 3.05) is 24.5 Å². The van der Waals surface area contributed by atoms with Crippen molar-refractivity contribution in [2.45, 2.75) is 47.1 Å². The summed E-state index contributed by atoms with van der Waals surface area (Å²) >= 11 is 0. The molecule has 114 valence electrons. The third-order valence-corrected chi connectivity index (χ3v) is 4.00. The van der Waals surface area contributed by atoms with Gasteiger partial charge in [-0.25, -0.2) is 4.39 Å². The predicted molar refractivity (Wildman–Crippen MR) is 85.7 cm³/mol. The topological polar surface area (TPSA) is 15.3 Å². The van der Waals surface area contributed by atoms with Gasteiger partial charge in [-0.1, -0.05) is 39.7 Å². The zero-order chi connectivity index (χ0) is 15.0. The lowest BCUT2D eigenvalue weighted by Crippen LogP contribution is -2.30. The summed E-state index contributed by atoms with van der Waals surface area (Å²) in [4.78, 5) is 2.31. The van der Waals surface area contributed by atoms with Crippen LogP contribution >= 0.6 is 0 Å². The summed E-state index contributed by atoms with van der Waals surface area (Å²) in [5, 5.41) is 3.24. The molecule has 0 heterocycles. The molecule has 0 atom stereocenters. The summed E-state index contributed by atoms with van der Waals surface area (Å²) in [6.07, 6.45) is 2.34. The first-order valence-corrected chi connectivity index (χ1v) is 7.90. The minimum absolute atomic E-state index is 0.105. The molecule has 20 heavy (non-hydrogen) atoms. The molecule has 0 radical (unpaired) electrons. The molecule has 1 N–H and O–H groups in total. The number of nitrogens with one attached hydrogen (secondary N) is 1. The molecule has 0 aliphatic carbocycles. The normalized spacial score (nSPS) is 11.1. The summed E-state index contributed by atoms with van der Waals surface area (Å²) < 4.78 is 14.1. The smallest absolute Gasteiger partial charge is 0.129 e. The van der Waals surface area contributed by atoms with Gasteiger partial charge in [-0.2, -0.15) is 0 Å². The maximum atomic E-state index is 14.1. The lowest BCUT2D eigenvalue weighted by Gasteiger charge is -2.29. The van der Waals surface area contributed by atoms with E-state index in [0.717, 1.165) is 30.9 Å². The largest absolute Gasteiger partial charge is 0.371 e. The highest BCUT2D eigenvalue weighted by molar-refractivity contribution is 5.54. The first-order chi connectivity index (χ1) is 9.67. The zero-order valence-corrected chi connectivity index (χ0v) is 13.4. The summed E-state index contributed by atoms with van der Waals surface area (Å²) in [5.74, 6) is 0.566. The summed E-state index contributed by atoms with van der Waals surface area (Å²) in [6.45, 7) is 12.0. The molecular weight excluding hydrogens is 251 g/mol. The molecule has 0 saturated carbocycles. The van der Waals surface area contributed by atoms with E-state index in [9.17, 15) is 4.39 Å². The van der Waals surface area contributed by atoms with E-state index in [1.165, 1.54) is 12.8 Å². The maximum Gasteiger partial charge on any atom is 0.129 e. The first-order valence-electron chi connectivity index (χ1n) is 7.90. The van der Waals surface area contributed by atoms with E-state index < -0.39 is 0 Å². The van der Waals surface area contributed by atoms with Gasteiger partial charge in [0.25, 0.3) is 0 Å². The van der Waals surface area contributed by atoms with Gasteiger partial charge in [0.1, 0.15) is 5.82 Å². The molecule has 0 bridgehead atoms. The van der Waals surface area contributed by atoms with Crippen LogP contribution in [-0.2, 0) is 6.54 Å². The third kappa shape index (κ3) is 4.48. The highest BCUT2D eigenvalue weighted by atomic mass is 19.1. The second-order valence-corrected chi connectivity index (χ2v) is 5.24. The van der Waals surface area contributed by atoms with Crippen LogP contribution < -0.4 is 10.2 Å². The summed E-state index contributed by atoms with van der Waals surface area (Å²) in [7, 11) is 0. The molecular formula is C17H29FN2. The van der Waals surface area contributed by atoms with Crippen LogP contribution in [0.5, 0.6) is 0 Å². The molecule has 0 spiro atoms. The average molecular weight is 280 g/mol. The van der Waals surface area contributed by atoms with Crippen molar-refractivity contribution < 1.29 is 4.39 Å². The van der Waals surface area contributed by atoms with E-state index in [0.29, 0.717) is 12.5 Å². The lowest BCUT2D eigenvalue weighted by molar-refractivity contribution is 0.484. The molecule has 1 rings (SSSR count). The predicted octanol–water partition coefficient (Wildman–Crippen LogP) is 4.20. The average Bonchev–Trinajstić information content (AvgIpc) is 2.47. The minimum Gasteiger partial charge on any atom is -0.371 e. The van der Waals surface area contributed by atoms with Crippen LogP contribution in [0.25, 0.3) is 0 Å². The van der Waals surface area contributed by atoms with E-state index in [4.69, 9.17) is 0 Å². The quantitative estimate of drug-likeness (QED) is 0.729. The Morgan fingerprint density at radius 3 is 2.40 bits per heavy atom. The maximum absolute atomic E-state index is 14.1. The number of nitrogens with zero attached hydrogens (tertiary/aromatic N) is 1. The van der Waals surface area contributed by atoms with E-state index in [2.05, 4.69) is 31.0 Å². The zero-order valence-electron chi connectivity index (χ0n) is 13.4. The van der Waals surface area contributed by atoms with Crippen LogP contribution in [0, 0.1) is 11.7 Å². The molecule has 0 aromatic heterocycles. The van der Waals surface area contributed by atoms with Crippen LogP contribution in [0.4, 0.5) is 10.1 Å². The van der Waals surface area contributed by atoms with Crippen LogP contribution in [0.1, 0.15) is 46.1 Å². The molecule has 0 fully saturated rings.